The van der Waals surface area contributed by atoms with Crippen LogP contribution in [0.3, 0.4) is 0 Å². The summed E-state index contributed by atoms with van der Waals surface area (Å²) in [4.78, 5) is 14.2. The Morgan fingerprint density at radius 2 is 1.48 bits per heavy atom. The molecule has 130 valence electrons. The Morgan fingerprint density at radius 1 is 0.920 bits per heavy atom. The SMILES string of the molecule is O=C(c1ccc(NC(=S)Nc2cc(Cl)cc(Cl)c2)cc1)N1CCCC1. The molecule has 3 rings (SSSR count). The van der Waals surface area contributed by atoms with Crippen LogP contribution in [-0.4, -0.2) is 29.0 Å². The van der Waals surface area contributed by atoms with Crippen LogP contribution in [0.5, 0.6) is 0 Å². The quantitative estimate of drug-likeness (QED) is 0.716. The maximum Gasteiger partial charge on any atom is 0.253 e. The van der Waals surface area contributed by atoms with E-state index in [-0.39, 0.29) is 5.91 Å². The fraction of sp³-hybridized carbons (Fsp3) is 0.222. The monoisotopic (exact) mass is 393 g/mol. The number of hydrogen-bond donors (Lipinski definition) is 2. The third-order valence-electron chi connectivity index (χ3n) is 3.90. The Labute approximate surface area is 162 Å². The highest BCUT2D eigenvalue weighted by Crippen LogP contribution is 2.23. The highest BCUT2D eigenvalue weighted by atomic mass is 35.5. The zero-order valence-corrected chi connectivity index (χ0v) is 15.7. The van der Waals surface area contributed by atoms with E-state index in [9.17, 15) is 4.79 Å². The predicted molar refractivity (Wildman–Crippen MR) is 108 cm³/mol. The van der Waals surface area contributed by atoms with Gasteiger partial charge in [-0.2, -0.15) is 0 Å². The lowest BCUT2D eigenvalue weighted by Gasteiger charge is -2.16. The van der Waals surface area contributed by atoms with Crippen molar-refractivity contribution < 1.29 is 4.79 Å². The molecule has 0 atom stereocenters. The van der Waals surface area contributed by atoms with Crippen molar-refractivity contribution in [2.75, 3.05) is 23.7 Å². The molecule has 0 radical (unpaired) electrons. The van der Waals surface area contributed by atoms with Gasteiger partial charge >= 0.3 is 0 Å². The number of carbonyl (C=O) groups excluding carboxylic acids is 1. The van der Waals surface area contributed by atoms with Gasteiger partial charge < -0.3 is 15.5 Å². The van der Waals surface area contributed by atoms with Gasteiger partial charge in [0, 0.05) is 40.1 Å². The second-order valence-electron chi connectivity index (χ2n) is 5.81. The number of hydrogen-bond acceptors (Lipinski definition) is 2. The maximum absolute atomic E-state index is 12.3. The largest absolute Gasteiger partial charge is 0.339 e. The van der Waals surface area contributed by atoms with Crippen molar-refractivity contribution in [2.24, 2.45) is 0 Å². The first kappa shape index (κ1) is 18.0. The molecule has 7 heteroatoms. The van der Waals surface area contributed by atoms with Crippen molar-refractivity contribution in [2.45, 2.75) is 12.8 Å². The topological polar surface area (TPSA) is 44.4 Å². The summed E-state index contributed by atoms with van der Waals surface area (Å²) in [5.74, 6) is 0.0818. The Morgan fingerprint density at radius 3 is 2.08 bits per heavy atom. The normalized spacial score (nSPS) is 13.6. The summed E-state index contributed by atoms with van der Waals surface area (Å²) in [5.41, 5.74) is 2.19. The zero-order chi connectivity index (χ0) is 17.8. The van der Waals surface area contributed by atoms with Crippen LogP contribution in [0.1, 0.15) is 23.2 Å². The summed E-state index contributed by atoms with van der Waals surface area (Å²) < 4.78 is 0. The van der Waals surface area contributed by atoms with E-state index in [0.717, 1.165) is 31.6 Å². The van der Waals surface area contributed by atoms with Gasteiger partial charge in [0.1, 0.15) is 0 Å². The van der Waals surface area contributed by atoms with E-state index in [1.54, 1.807) is 18.2 Å². The number of likely N-dealkylation sites (tertiary alicyclic amines) is 1. The summed E-state index contributed by atoms with van der Waals surface area (Å²) in [6.45, 7) is 1.68. The Hall–Kier alpha value is -1.82. The summed E-state index contributed by atoms with van der Waals surface area (Å²) in [6.07, 6.45) is 2.16. The van der Waals surface area contributed by atoms with Crippen LogP contribution in [0.2, 0.25) is 10.0 Å². The molecule has 1 aliphatic heterocycles. The first-order valence-corrected chi connectivity index (χ1v) is 9.11. The average Bonchev–Trinajstić information content (AvgIpc) is 3.08. The molecule has 0 unspecified atom stereocenters. The van der Waals surface area contributed by atoms with Crippen LogP contribution in [0, 0.1) is 0 Å². The zero-order valence-electron chi connectivity index (χ0n) is 13.4. The van der Waals surface area contributed by atoms with Gasteiger partial charge in [-0.05, 0) is 67.5 Å². The molecule has 0 aromatic heterocycles. The maximum atomic E-state index is 12.3. The van der Waals surface area contributed by atoms with E-state index in [1.165, 1.54) is 0 Å². The molecule has 25 heavy (non-hydrogen) atoms. The number of carbonyl (C=O) groups is 1. The van der Waals surface area contributed by atoms with E-state index in [0.29, 0.717) is 26.4 Å². The highest BCUT2D eigenvalue weighted by molar-refractivity contribution is 7.80. The van der Waals surface area contributed by atoms with Gasteiger partial charge in [-0.25, -0.2) is 0 Å². The van der Waals surface area contributed by atoms with Gasteiger partial charge in [0.2, 0.25) is 0 Å². The van der Waals surface area contributed by atoms with E-state index in [4.69, 9.17) is 35.4 Å². The van der Waals surface area contributed by atoms with Crippen molar-refractivity contribution in [1.82, 2.24) is 4.90 Å². The first-order chi connectivity index (χ1) is 12.0. The minimum Gasteiger partial charge on any atom is -0.339 e. The lowest BCUT2D eigenvalue weighted by Crippen LogP contribution is -2.27. The lowest BCUT2D eigenvalue weighted by molar-refractivity contribution is 0.0793. The van der Waals surface area contributed by atoms with Gasteiger partial charge in [0.25, 0.3) is 5.91 Å². The van der Waals surface area contributed by atoms with E-state index >= 15 is 0 Å². The average molecular weight is 394 g/mol. The molecule has 2 N–H and O–H groups in total. The summed E-state index contributed by atoms with van der Waals surface area (Å²) in [5, 5.41) is 7.58. The van der Waals surface area contributed by atoms with E-state index in [1.807, 2.05) is 29.2 Å². The van der Waals surface area contributed by atoms with Gasteiger partial charge in [-0.1, -0.05) is 23.2 Å². The van der Waals surface area contributed by atoms with Crippen LogP contribution in [0.25, 0.3) is 0 Å². The van der Waals surface area contributed by atoms with Crippen molar-refractivity contribution in [3.63, 3.8) is 0 Å². The second-order valence-corrected chi connectivity index (χ2v) is 7.10. The minimum atomic E-state index is 0.0818. The second kappa shape index (κ2) is 8.04. The molecule has 0 spiro atoms. The number of rotatable bonds is 3. The molecule has 1 saturated heterocycles. The molecule has 4 nitrogen and oxygen atoms in total. The van der Waals surface area contributed by atoms with E-state index < -0.39 is 0 Å². The number of nitrogens with one attached hydrogen (secondary N) is 2. The molecule has 0 aliphatic carbocycles. The number of halogens is 2. The molecule has 1 heterocycles. The molecule has 1 fully saturated rings. The number of amides is 1. The van der Waals surface area contributed by atoms with Crippen LogP contribution in [-0.2, 0) is 0 Å². The summed E-state index contributed by atoms with van der Waals surface area (Å²) >= 11 is 17.2. The molecule has 0 saturated carbocycles. The number of nitrogens with zero attached hydrogens (tertiary/aromatic N) is 1. The molecular weight excluding hydrogens is 377 g/mol. The molecule has 2 aromatic carbocycles. The minimum absolute atomic E-state index is 0.0818. The van der Waals surface area contributed by atoms with Crippen LogP contribution >= 0.6 is 35.4 Å². The predicted octanol–water partition coefficient (Wildman–Crippen LogP) is 5.04. The standard InChI is InChI=1S/C18H17Cl2N3OS/c19-13-9-14(20)11-16(10-13)22-18(25)21-15-5-3-12(4-6-15)17(24)23-7-1-2-8-23/h3-6,9-11H,1-2,7-8H2,(H2,21,22,25). The fourth-order valence-electron chi connectivity index (χ4n) is 2.72. The van der Waals surface area contributed by atoms with Gasteiger partial charge in [-0.3, -0.25) is 4.79 Å². The van der Waals surface area contributed by atoms with Crippen molar-refractivity contribution in [3.05, 3.63) is 58.1 Å². The Kier molecular flexibility index (Phi) is 5.78. The van der Waals surface area contributed by atoms with E-state index in [2.05, 4.69) is 10.6 Å². The van der Waals surface area contributed by atoms with Gasteiger partial charge in [0.05, 0.1) is 0 Å². The van der Waals surface area contributed by atoms with Crippen molar-refractivity contribution in [3.8, 4) is 0 Å². The number of thiocarbonyl (C=S) groups is 1. The summed E-state index contributed by atoms with van der Waals surface area (Å²) in [6, 6.07) is 12.4. The van der Waals surface area contributed by atoms with Crippen LogP contribution < -0.4 is 10.6 Å². The third-order valence-corrected chi connectivity index (χ3v) is 4.54. The third kappa shape index (κ3) is 4.84. The van der Waals surface area contributed by atoms with Crippen molar-refractivity contribution >= 4 is 57.8 Å². The van der Waals surface area contributed by atoms with Crippen LogP contribution in [0.4, 0.5) is 11.4 Å². The number of benzene rings is 2. The lowest BCUT2D eigenvalue weighted by atomic mass is 10.2. The van der Waals surface area contributed by atoms with Crippen LogP contribution in [0.15, 0.2) is 42.5 Å². The highest BCUT2D eigenvalue weighted by Gasteiger charge is 2.19. The molecule has 1 amide bonds. The summed E-state index contributed by atoms with van der Waals surface area (Å²) in [7, 11) is 0. The van der Waals surface area contributed by atoms with Crippen molar-refractivity contribution in [1.29, 1.82) is 0 Å². The molecule has 1 aliphatic rings. The first-order valence-electron chi connectivity index (χ1n) is 7.95. The Bertz CT molecular complexity index is 769. The molecular formula is C18H17Cl2N3OS. The molecule has 2 aromatic rings. The smallest absolute Gasteiger partial charge is 0.253 e. The van der Waals surface area contributed by atoms with Gasteiger partial charge in [-0.15, -0.1) is 0 Å². The Balaban J connectivity index is 1.60. The number of anilines is 2. The van der Waals surface area contributed by atoms with Gasteiger partial charge in [0.15, 0.2) is 5.11 Å². The molecule has 0 bridgehead atoms. The fourth-order valence-corrected chi connectivity index (χ4v) is 3.48.